The van der Waals surface area contributed by atoms with E-state index in [0.717, 1.165) is 24.4 Å². The highest BCUT2D eigenvalue weighted by Crippen LogP contribution is 2.36. The van der Waals surface area contributed by atoms with Gasteiger partial charge >= 0.3 is 0 Å². The van der Waals surface area contributed by atoms with Gasteiger partial charge in [-0.05, 0) is 24.6 Å². The number of ether oxygens (including phenoxy) is 2. The van der Waals surface area contributed by atoms with Gasteiger partial charge in [0.25, 0.3) is 0 Å². The number of aliphatic imine (C=N–C) groups is 1. The van der Waals surface area contributed by atoms with Gasteiger partial charge in [-0.1, -0.05) is 18.5 Å². The van der Waals surface area contributed by atoms with Crippen LogP contribution in [0, 0.1) is 0 Å². The number of aromatic nitrogens is 3. The first kappa shape index (κ1) is 20.8. The molecule has 1 heterocycles. The zero-order chi connectivity index (χ0) is 19.6. The minimum absolute atomic E-state index is 0.524. The van der Waals surface area contributed by atoms with Gasteiger partial charge in [-0.3, -0.25) is 4.99 Å². The Labute approximate surface area is 164 Å². The maximum absolute atomic E-state index is 6.32. The van der Waals surface area contributed by atoms with E-state index in [1.165, 1.54) is 0 Å². The summed E-state index contributed by atoms with van der Waals surface area (Å²) in [5.41, 5.74) is 0.968. The lowest BCUT2D eigenvalue weighted by Crippen LogP contribution is -2.38. The molecule has 0 fully saturated rings. The molecule has 27 heavy (non-hydrogen) atoms. The van der Waals surface area contributed by atoms with Gasteiger partial charge in [-0.25, -0.2) is 0 Å². The van der Waals surface area contributed by atoms with E-state index in [2.05, 4.69) is 32.7 Å². The first-order valence-electron chi connectivity index (χ1n) is 8.93. The molecule has 0 radical (unpaired) electrons. The molecule has 0 saturated heterocycles. The maximum atomic E-state index is 6.32. The zero-order valence-corrected chi connectivity index (χ0v) is 17.0. The van der Waals surface area contributed by atoms with Gasteiger partial charge in [0, 0.05) is 33.1 Å². The second kappa shape index (κ2) is 10.6. The predicted molar refractivity (Wildman–Crippen MR) is 107 cm³/mol. The number of hydrogen-bond acceptors (Lipinski definition) is 5. The Balaban J connectivity index is 1.91. The third kappa shape index (κ3) is 5.75. The van der Waals surface area contributed by atoms with Crippen LogP contribution in [0.2, 0.25) is 5.02 Å². The standard InChI is InChI=1S/C18H27ClN6O2/c1-5-16-24-23-12-25(16)8-7-21-18(20-3)22-11-13-9-14(19)17(27-6-2)15(10-13)26-4/h9-10,12H,5-8,11H2,1-4H3,(H2,20,21,22). The van der Waals surface area contributed by atoms with E-state index >= 15 is 0 Å². The first-order valence-corrected chi connectivity index (χ1v) is 9.31. The highest BCUT2D eigenvalue weighted by molar-refractivity contribution is 6.32. The lowest BCUT2D eigenvalue weighted by Gasteiger charge is -2.15. The van der Waals surface area contributed by atoms with Crippen molar-refractivity contribution < 1.29 is 9.47 Å². The van der Waals surface area contributed by atoms with Gasteiger partial charge in [-0.2, -0.15) is 0 Å². The van der Waals surface area contributed by atoms with Crippen molar-refractivity contribution in [3.8, 4) is 11.5 Å². The van der Waals surface area contributed by atoms with E-state index < -0.39 is 0 Å². The number of aryl methyl sites for hydroxylation is 1. The van der Waals surface area contributed by atoms with Crippen LogP contribution in [0.3, 0.4) is 0 Å². The molecule has 9 heteroatoms. The summed E-state index contributed by atoms with van der Waals surface area (Å²) in [5.74, 6) is 2.85. The van der Waals surface area contributed by atoms with Gasteiger partial charge in [0.2, 0.25) is 0 Å². The molecule has 0 aliphatic carbocycles. The van der Waals surface area contributed by atoms with Gasteiger partial charge in [0.05, 0.1) is 18.7 Å². The molecule has 8 nitrogen and oxygen atoms in total. The Bertz CT molecular complexity index is 762. The van der Waals surface area contributed by atoms with Gasteiger partial charge in [-0.15, -0.1) is 10.2 Å². The Morgan fingerprint density at radius 2 is 2.11 bits per heavy atom. The van der Waals surface area contributed by atoms with Crippen molar-refractivity contribution in [3.63, 3.8) is 0 Å². The second-order valence-corrected chi connectivity index (χ2v) is 6.10. The molecule has 0 spiro atoms. The van der Waals surface area contributed by atoms with E-state index in [4.69, 9.17) is 21.1 Å². The number of hydrogen-bond donors (Lipinski definition) is 2. The van der Waals surface area contributed by atoms with Gasteiger partial charge < -0.3 is 24.7 Å². The van der Waals surface area contributed by atoms with Crippen LogP contribution >= 0.6 is 11.6 Å². The van der Waals surface area contributed by atoms with Crippen LogP contribution in [-0.2, 0) is 19.5 Å². The Kier molecular flexibility index (Phi) is 8.19. The average molecular weight is 395 g/mol. The van der Waals surface area contributed by atoms with Crippen LogP contribution < -0.4 is 20.1 Å². The third-order valence-corrected chi connectivity index (χ3v) is 4.20. The van der Waals surface area contributed by atoms with Crippen LogP contribution in [0.15, 0.2) is 23.5 Å². The number of methoxy groups -OCH3 is 1. The molecule has 0 bridgehead atoms. The molecular formula is C18H27ClN6O2. The van der Waals surface area contributed by atoms with Crippen molar-refractivity contribution in [3.05, 3.63) is 34.9 Å². The van der Waals surface area contributed by atoms with Crippen molar-refractivity contribution in [2.24, 2.45) is 4.99 Å². The van der Waals surface area contributed by atoms with Gasteiger partial charge in [0.1, 0.15) is 12.2 Å². The highest BCUT2D eigenvalue weighted by atomic mass is 35.5. The molecule has 0 aliphatic heterocycles. The molecule has 148 valence electrons. The molecule has 0 atom stereocenters. The minimum atomic E-state index is 0.524. The number of halogens is 1. The molecule has 0 saturated carbocycles. The smallest absolute Gasteiger partial charge is 0.191 e. The summed E-state index contributed by atoms with van der Waals surface area (Å²) in [7, 11) is 3.33. The molecule has 2 N–H and O–H groups in total. The van der Waals surface area contributed by atoms with Crippen LogP contribution in [0.5, 0.6) is 11.5 Å². The number of nitrogens with one attached hydrogen (secondary N) is 2. The topological polar surface area (TPSA) is 85.6 Å². The normalized spacial score (nSPS) is 11.4. The van der Waals surface area contributed by atoms with Gasteiger partial charge in [0.15, 0.2) is 17.5 Å². The van der Waals surface area contributed by atoms with Crippen molar-refractivity contribution in [2.45, 2.75) is 33.4 Å². The van der Waals surface area contributed by atoms with Crippen LogP contribution in [0.25, 0.3) is 0 Å². The molecular weight excluding hydrogens is 368 g/mol. The summed E-state index contributed by atoms with van der Waals surface area (Å²) in [6.07, 6.45) is 2.60. The summed E-state index contributed by atoms with van der Waals surface area (Å²) >= 11 is 6.32. The van der Waals surface area contributed by atoms with Crippen LogP contribution in [-0.4, -0.2) is 48.0 Å². The van der Waals surface area contributed by atoms with Crippen LogP contribution in [0.1, 0.15) is 25.2 Å². The van der Waals surface area contributed by atoms with Crippen molar-refractivity contribution in [1.29, 1.82) is 0 Å². The molecule has 1 aromatic carbocycles. The van der Waals surface area contributed by atoms with E-state index in [-0.39, 0.29) is 0 Å². The second-order valence-electron chi connectivity index (χ2n) is 5.69. The molecule has 2 aromatic rings. The van der Waals surface area contributed by atoms with E-state index in [1.54, 1.807) is 20.5 Å². The summed E-state index contributed by atoms with van der Waals surface area (Å²) in [6.45, 7) is 6.51. The largest absolute Gasteiger partial charge is 0.493 e. The molecule has 0 amide bonds. The highest BCUT2D eigenvalue weighted by Gasteiger charge is 2.12. The summed E-state index contributed by atoms with van der Waals surface area (Å²) < 4.78 is 12.9. The monoisotopic (exact) mass is 394 g/mol. The number of benzene rings is 1. The van der Waals surface area contributed by atoms with E-state index in [9.17, 15) is 0 Å². The summed E-state index contributed by atoms with van der Waals surface area (Å²) in [4.78, 5) is 4.24. The Morgan fingerprint density at radius 1 is 1.30 bits per heavy atom. The number of guanidine groups is 1. The van der Waals surface area contributed by atoms with Crippen LogP contribution in [0.4, 0.5) is 0 Å². The quantitative estimate of drug-likeness (QED) is 0.501. The SMILES string of the molecule is CCOc1c(Cl)cc(CNC(=NC)NCCn2cnnc2CC)cc1OC. The number of nitrogens with zero attached hydrogens (tertiary/aromatic N) is 4. The van der Waals surface area contributed by atoms with Crippen molar-refractivity contribution in [1.82, 2.24) is 25.4 Å². The fraction of sp³-hybridized carbons (Fsp3) is 0.500. The Hall–Kier alpha value is -2.48. The Morgan fingerprint density at radius 3 is 2.78 bits per heavy atom. The fourth-order valence-electron chi connectivity index (χ4n) is 2.60. The van der Waals surface area contributed by atoms with Crippen molar-refractivity contribution in [2.75, 3.05) is 27.3 Å². The third-order valence-electron chi connectivity index (χ3n) is 3.92. The summed E-state index contributed by atoms with van der Waals surface area (Å²) in [6, 6.07) is 3.77. The first-order chi connectivity index (χ1) is 13.1. The fourth-order valence-corrected chi connectivity index (χ4v) is 2.89. The van der Waals surface area contributed by atoms with E-state index in [1.807, 2.05) is 23.6 Å². The average Bonchev–Trinajstić information content (AvgIpc) is 3.13. The zero-order valence-electron chi connectivity index (χ0n) is 16.3. The molecule has 2 rings (SSSR count). The van der Waals surface area contributed by atoms with E-state index in [0.29, 0.717) is 42.2 Å². The maximum Gasteiger partial charge on any atom is 0.191 e. The predicted octanol–water partition coefficient (Wildman–Crippen LogP) is 2.27. The number of rotatable bonds is 9. The van der Waals surface area contributed by atoms with Crippen molar-refractivity contribution >= 4 is 17.6 Å². The minimum Gasteiger partial charge on any atom is -0.493 e. The lowest BCUT2D eigenvalue weighted by molar-refractivity contribution is 0.311. The molecule has 1 aromatic heterocycles. The lowest BCUT2D eigenvalue weighted by atomic mass is 10.2. The molecule has 0 unspecified atom stereocenters. The molecule has 0 aliphatic rings. The summed E-state index contributed by atoms with van der Waals surface area (Å²) in [5, 5.41) is 15.1.